The predicted molar refractivity (Wildman–Crippen MR) is 54.0 cm³/mol. The fourth-order valence-corrected chi connectivity index (χ4v) is 1.95. The van der Waals surface area contributed by atoms with Gasteiger partial charge in [0, 0.05) is 0 Å². The van der Waals surface area contributed by atoms with Crippen molar-refractivity contribution >= 4 is 17.0 Å². The zero-order valence-corrected chi connectivity index (χ0v) is 8.70. The Kier molecular flexibility index (Phi) is 2.69. The Balaban J connectivity index is 3.25. The van der Waals surface area contributed by atoms with E-state index in [4.69, 9.17) is 11.0 Å². The summed E-state index contributed by atoms with van der Waals surface area (Å²) in [6.45, 7) is 5.54. The monoisotopic (exact) mass is 193 g/mol. The molecule has 2 N–H and O–H groups in total. The van der Waals surface area contributed by atoms with Gasteiger partial charge in [0.25, 0.3) is 0 Å². The van der Waals surface area contributed by atoms with Crippen LogP contribution in [-0.4, -0.2) is 4.98 Å². The maximum atomic E-state index is 8.66. The number of nitriles is 1. The van der Waals surface area contributed by atoms with E-state index in [0.717, 1.165) is 15.6 Å². The molecule has 0 aliphatic rings. The van der Waals surface area contributed by atoms with Crippen LogP contribution >= 0.6 is 11.3 Å². The van der Waals surface area contributed by atoms with E-state index in [0.29, 0.717) is 11.3 Å². The second-order valence-corrected chi connectivity index (χ2v) is 4.00. The number of rotatable bonds is 1. The molecule has 13 heavy (non-hydrogen) atoms. The smallest absolute Gasteiger partial charge is 0.0966 e. The topological polar surface area (TPSA) is 62.7 Å². The first kappa shape index (κ1) is 9.75. The average Bonchev–Trinajstić information content (AvgIpc) is 2.42. The lowest BCUT2D eigenvalue weighted by Crippen LogP contribution is -1.98. The van der Waals surface area contributed by atoms with Crippen LogP contribution in [0.2, 0.25) is 0 Å². The van der Waals surface area contributed by atoms with Crippen LogP contribution in [0.15, 0.2) is 5.57 Å². The molecule has 0 atom stereocenters. The standard InChI is InChI=1S/C9H11N3S/c1-5(4-10)8(11)9-6(2)12-7(3)13-9/h11H2,1-3H3. The number of aromatic nitrogens is 1. The first-order chi connectivity index (χ1) is 6.06. The number of nitrogens with zero attached hydrogens (tertiary/aromatic N) is 2. The highest BCUT2D eigenvalue weighted by Gasteiger charge is 2.09. The molecule has 0 aliphatic carbocycles. The second-order valence-electron chi connectivity index (χ2n) is 2.80. The number of allylic oxidation sites excluding steroid dienone is 1. The van der Waals surface area contributed by atoms with E-state index in [9.17, 15) is 0 Å². The Hall–Kier alpha value is -1.34. The van der Waals surface area contributed by atoms with E-state index in [-0.39, 0.29) is 0 Å². The third kappa shape index (κ3) is 1.87. The summed E-state index contributed by atoms with van der Waals surface area (Å²) < 4.78 is 0. The van der Waals surface area contributed by atoms with Gasteiger partial charge in [-0.3, -0.25) is 0 Å². The Bertz CT molecular complexity index is 395. The Labute approximate surface area is 81.5 Å². The third-order valence-corrected chi connectivity index (χ3v) is 2.83. The summed E-state index contributed by atoms with van der Waals surface area (Å²) in [6, 6.07) is 2.03. The van der Waals surface area contributed by atoms with Crippen LogP contribution in [0.4, 0.5) is 0 Å². The van der Waals surface area contributed by atoms with Crippen LogP contribution in [0.25, 0.3) is 5.70 Å². The van der Waals surface area contributed by atoms with E-state index < -0.39 is 0 Å². The van der Waals surface area contributed by atoms with Crippen molar-refractivity contribution in [3.8, 4) is 6.07 Å². The lowest BCUT2D eigenvalue weighted by molar-refractivity contribution is 1.19. The lowest BCUT2D eigenvalue weighted by atomic mass is 10.2. The Morgan fingerprint density at radius 2 is 2.15 bits per heavy atom. The van der Waals surface area contributed by atoms with Crippen molar-refractivity contribution in [3.05, 3.63) is 21.2 Å². The second kappa shape index (κ2) is 3.58. The van der Waals surface area contributed by atoms with Crippen LogP contribution in [0.1, 0.15) is 22.5 Å². The molecule has 0 amide bonds. The summed E-state index contributed by atoms with van der Waals surface area (Å²) in [7, 11) is 0. The van der Waals surface area contributed by atoms with Gasteiger partial charge in [-0.25, -0.2) is 4.98 Å². The van der Waals surface area contributed by atoms with Crippen LogP contribution in [0, 0.1) is 25.2 Å². The molecular weight excluding hydrogens is 182 g/mol. The Morgan fingerprint density at radius 3 is 2.54 bits per heavy atom. The molecule has 1 aromatic heterocycles. The van der Waals surface area contributed by atoms with Crippen molar-refractivity contribution in [2.24, 2.45) is 5.73 Å². The fraction of sp³-hybridized carbons (Fsp3) is 0.333. The maximum absolute atomic E-state index is 8.66. The summed E-state index contributed by atoms with van der Waals surface area (Å²) in [6.07, 6.45) is 0. The first-order valence-corrected chi connectivity index (χ1v) is 4.68. The minimum absolute atomic E-state index is 0.547. The molecule has 0 saturated heterocycles. The molecule has 0 spiro atoms. The number of aryl methyl sites for hydroxylation is 2. The van der Waals surface area contributed by atoms with E-state index in [1.165, 1.54) is 11.3 Å². The van der Waals surface area contributed by atoms with Gasteiger partial charge < -0.3 is 5.73 Å². The molecule has 0 fully saturated rings. The number of thiazole rings is 1. The van der Waals surface area contributed by atoms with Crippen LogP contribution in [0.5, 0.6) is 0 Å². The third-order valence-electron chi connectivity index (χ3n) is 1.72. The minimum Gasteiger partial charge on any atom is -0.397 e. The molecule has 0 bridgehead atoms. The Morgan fingerprint density at radius 1 is 1.54 bits per heavy atom. The molecule has 0 aromatic carbocycles. The number of nitrogens with two attached hydrogens (primary N) is 1. The van der Waals surface area contributed by atoms with Crippen molar-refractivity contribution in [1.29, 1.82) is 5.26 Å². The molecule has 4 heteroatoms. The molecule has 0 radical (unpaired) electrons. The molecule has 68 valence electrons. The number of hydrogen-bond donors (Lipinski definition) is 1. The van der Waals surface area contributed by atoms with Gasteiger partial charge in [-0.2, -0.15) is 5.26 Å². The average molecular weight is 193 g/mol. The predicted octanol–water partition coefficient (Wildman–Crippen LogP) is 1.97. The van der Waals surface area contributed by atoms with Gasteiger partial charge in [-0.05, 0) is 20.8 Å². The summed E-state index contributed by atoms with van der Waals surface area (Å²) in [5.41, 5.74) is 7.78. The highest BCUT2D eigenvalue weighted by Crippen LogP contribution is 2.24. The van der Waals surface area contributed by atoms with E-state index in [2.05, 4.69) is 4.98 Å². The van der Waals surface area contributed by atoms with Gasteiger partial charge in [0.05, 0.1) is 32.9 Å². The molecule has 0 saturated carbocycles. The highest BCUT2D eigenvalue weighted by atomic mass is 32.1. The van der Waals surface area contributed by atoms with Gasteiger partial charge in [-0.15, -0.1) is 11.3 Å². The molecule has 3 nitrogen and oxygen atoms in total. The maximum Gasteiger partial charge on any atom is 0.0966 e. The van der Waals surface area contributed by atoms with Crippen LogP contribution in [0.3, 0.4) is 0 Å². The van der Waals surface area contributed by atoms with Gasteiger partial charge in [0.2, 0.25) is 0 Å². The van der Waals surface area contributed by atoms with Crippen molar-refractivity contribution in [2.75, 3.05) is 0 Å². The van der Waals surface area contributed by atoms with Crippen molar-refractivity contribution in [3.63, 3.8) is 0 Å². The van der Waals surface area contributed by atoms with Crippen molar-refractivity contribution in [2.45, 2.75) is 20.8 Å². The summed E-state index contributed by atoms with van der Waals surface area (Å²) in [4.78, 5) is 5.16. The molecule has 1 rings (SSSR count). The quantitative estimate of drug-likeness (QED) is 0.693. The summed E-state index contributed by atoms with van der Waals surface area (Å²) >= 11 is 1.52. The van der Waals surface area contributed by atoms with Gasteiger partial charge in [-0.1, -0.05) is 0 Å². The van der Waals surface area contributed by atoms with Crippen molar-refractivity contribution in [1.82, 2.24) is 4.98 Å². The molecule has 1 heterocycles. The first-order valence-electron chi connectivity index (χ1n) is 3.87. The lowest BCUT2D eigenvalue weighted by Gasteiger charge is -1.98. The molecule has 0 unspecified atom stereocenters. The molecule has 1 aromatic rings. The van der Waals surface area contributed by atoms with Crippen LogP contribution in [-0.2, 0) is 0 Å². The largest absolute Gasteiger partial charge is 0.397 e. The highest BCUT2D eigenvalue weighted by molar-refractivity contribution is 7.12. The molecule has 0 aliphatic heterocycles. The van der Waals surface area contributed by atoms with E-state index >= 15 is 0 Å². The number of hydrogen-bond acceptors (Lipinski definition) is 4. The normalized spacial score (nSPS) is 12.2. The zero-order chi connectivity index (χ0) is 10.0. The fourth-order valence-electron chi connectivity index (χ4n) is 1.01. The zero-order valence-electron chi connectivity index (χ0n) is 7.88. The summed E-state index contributed by atoms with van der Waals surface area (Å²) in [5, 5.41) is 9.63. The van der Waals surface area contributed by atoms with Gasteiger partial charge >= 0.3 is 0 Å². The van der Waals surface area contributed by atoms with Crippen molar-refractivity contribution < 1.29 is 0 Å². The van der Waals surface area contributed by atoms with E-state index in [1.54, 1.807) is 6.92 Å². The van der Waals surface area contributed by atoms with Gasteiger partial charge in [0.15, 0.2) is 0 Å². The minimum atomic E-state index is 0.547. The SMILES string of the molecule is CC(C#N)=C(N)c1sc(C)nc1C. The summed E-state index contributed by atoms with van der Waals surface area (Å²) in [5.74, 6) is 0. The van der Waals surface area contributed by atoms with Gasteiger partial charge in [0.1, 0.15) is 0 Å². The van der Waals surface area contributed by atoms with E-state index in [1.807, 2.05) is 19.9 Å². The molecular formula is C9H11N3S. The van der Waals surface area contributed by atoms with Crippen LogP contribution < -0.4 is 5.73 Å².